The first-order valence-electron chi connectivity index (χ1n) is 40.5. The van der Waals surface area contributed by atoms with Gasteiger partial charge in [0.25, 0.3) is 0 Å². The van der Waals surface area contributed by atoms with E-state index < -0.39 is 97.5 Å². The van der Waals surface area contributed by atoms with Crippen LogP contribution in [0.2, 0.25) is 0 Å². The molecule has 0 saturated heterocycles. The number of hydrogen-bond donors (Lipinski definition) is 3. The first kappa shape index (κ1) is 96.8. The van der Waals surface area contributed by atoms with Crippen LogP contribution in [0, 0.1) is 0 Å². The number of ether oxygens (including phenoxy) is 4. The van der Waals surface area contributed by atoms with E-state index >= 15 is 0 Å². The minimum Gasteiger partial charge on any atom is -0.462 e. The number of allylic oxidation sites excluding steroid dienone is 10. The van der Waals surface area contributed by atoms with Crippen molar-refractivity contribution < 1.29 is 80.2 Å². The molecule has 0 rings (SSSR count). The number of hydrogen-bond acceptors (Lipinski definition) is 15. The van der Waals surface area contributed by atoms with Crippen LogP contribution in [0.3, 0.4) is 0 Å². The molecule has 0 aromatic carbocycles. The molecule has 0 bridgehead atoms. The normalized spacial score (nSPS) is 14.2. The van der Waals surface area contributed by atoms with Gasteiger partial charge in [-0.1, -0.05) is 320 Å². The fraction of sp³-hybridized carbons (Fsp3) is 0.827. The van der Waals surface area contributed by atoms with Crippen molar-refractivity contribution in [3.63, 3.8) is 0 Å². The average molecular weight is 1460 g/mol. The van der Waals surface area contributed by atoms with E-state index in [1.807, 2.05) is 12.2 Å². The van der Waals surface area contributed by atoms with E-state index in [2.05, 4.69) is 76.3 Å². The largest absolute Gasteiger partial charge is 0.472 e. The lowest BCUT2D eigenvalue weighted by atomic mass is 10.0. The van der Waals surface area contributed by atoms with E-state index in [1.165, 1.54) is 180 Å². The van der Waals surface area contributed by atoms with Gasteiger partial charge < -0.3 is 33.8 Å². The van der Waals surface area contributed by atoms with Crippen molar-refractivity contribution in [1.29, 1.82) is 0 Å². The van der Waals surface area contributed by atoms with Gasteiger partial charge >= 0.3 is 39.5 Å². The molecule has 0 aliphatic carbocycles. The number of carbonyl (C=O) groups excluding carboxylic acids is 4. The van der Waals surface area contributed by atoms with Crippen LogP contribution in [0.1, 0.15) is 374 Å². The molecule has 5 atom stereocenters. The number of aliphatic hydroxyl groups excluding tert-OH is 1. The van der Waals surface area contributed by atoms with Gasteiger partial charge in [-0.15, -0.1) is 0 Å². The summed E-state index contributed by atoms with van der Waals surface area (Å²) in [4.78, 5) is 73.0. The number of phosphoric ester groups is 2. The maximum atomic E-state index is 13.1. The molecule has 0 aromatic heterocycles. The standard InChI is InChI=1S/C81H148O17P2/c1-5-9-13-17-21-25-29-33-36-37-40-44-48-52-56-60-64-68-81(86)98-77(72-92-79(84)66-62-58-54-50-46-42-38-34-30-26-22-18-14-10-6-2)74-96-100(89,90)94-70-75(82)69-93-99(87,88)95-73-76(71-91-78(83)65-61-57-53-49-45-41-32-28-24-20-16-12-8-4)97-80(85)67-63-59-55-51-47-43-39-35-31-27-23-19-15-11-7-3/h21,25,33-34,36,38,40,44,52,56,75-77,82H,5-20,22-24,26-32,35,37,39,41-43,45-51,53-55,57-74H2,1-4H3,(H,87,88)(H,89,90)/b25-21-,36-33-,38-34-,44-40-,56-52-/t75-,76+,77+/m0/s1. The summed E-state index contributed by atoms with van der Waals surface area (Å²) in [6.45, 7) is 4.85. The highest BCUT2D eigenvalue weighted by Gasteiger charge is 2.30. The van der Waals surface area contributed by atoms with Gasteiger partial charge in [0.05, 0.1) is 26.4 Å². The molecule has 0 saturated carbocycles. The Morgan fingerprint density at radius 3 is 0.820 bits per heavy atom. The molecule has 0 aliphatic heterocycles. The third-order valence-corrected chi connectivity index (χ3v) is 19.4. The molecule has 0 aliphatic rings. The van der Waals surface area contributed by atoms with Crippen LogP contribution in [0.4, 0.5) is 0 Å². The summed E-state index contributed by atoms with van der Waals surface area (Å²) in [5.41, 5.74) is 0. The number of carbonyl (C=O) groups is 4. The molecule has 0 aromatic rings. The number of esters is 4. The maximum absolute atomic E-state index is 13.1. The average Bonchev–Trinajstić information content (AvgIpc) is 1.22. The van der Waals surface area contributed by atoms with E-state index in [4.69, 9.17) is 37.0 Å². The number of aliphatic hydroxyl groups is 1. The summed E-state index contributed by atoms with van der Waals surface area (Å²) < 4.78 is 68.6. The topological polar surface area (TPSA) is 237 Å². The van der Waals surface area contributed by atoms with Crippen LogP contribution in [0.5, 0.6) is 0 Å². The summed E-state index contributed by atoms with van der Waals surface area (Å²) in [6, 6.07) is 0. The SMILES string of the molecule is CCCCC/C=C\C/C=C\C/C=C\C/C=C\CCCC(=O)O[C@H](COC(=O)CCCCCCC/C=C\CCCCCCCC)COP(=O)(O)OC[C@@H](O)COP(=O)(O)OC[C@@H](COC(=O)CCCCCCCCCCCCCCC)OC(=O)CCCCCCCCCCCCCCCCC. The van der Waals surface area contributed by atoms with Crippen molar-refractivity contribution in [2.75, 3.05) is 39.6 Å². The first-order valence-corrected chi connectivity index (χ1v) is 43.5. The molecule has 2 unspecified atom stereocenters. The van der Waals surface area contributed by atoms with Crippen molar-refractivity contribution in [3.05, 3.63) is 60.8 Å². The van der Waals surface area contributed by atoms with Crippen LogP contribution >= 0.6 is 15.6 Å². The summed E-state index contributed by atoms with van der Waals surface area (Å²) >= 11 is 0. The zero-order valence-electron chi connectivity index (χ0n) is 63.9. The van der Waals surface area contributed by atoms with Crippen molar-refractivity contribution >= 4 is 39.5 Å². The summed E-state index contributed by atoms with van der Waals surface area (Å²) in [7, 11) is -9.96. The Morgan fingerprint density at radius 1 is 0.280 bits per heavy atom. The highest BCUT2D eigenvalue weighted by Crippen LogP contribution is 2.45. The molecule has 0 amide bonds. The van der Waals surface area contributed by atoms with Crippen LogP contribution in [-0.4, -0.2) is 96.7 Å². The summed E-state index contributed by atoms with van der Waals surface area (Å²) in [6.07, 6.45) is 73.4. The van der Waals surface area contributed by atoms with Crippen LogP contribution in [0.15, 0.2) is 60.8 Å². The van der Waals surface area contributed by atoms with Crippen molar-refractivity contribution in [2.24, 2.45) is 0 Å². The predicted octanol–water partition coefficient (Wildman–Crippen LogP) is 23.5. The molecule has 0 radical (unpaired) electrons. The predicted molar refractivity (Wildman–Crippen MR) is 409 cm³/mol. The first-order chi connectivity index (χ1) is 48.7. The van der Waals surface area contributed by atoms with Gasteiger partial charge in [0, 0.05) is 25.7 Å². The Kier molecular flexibility index (Phi) is 71.6. The zero-order valence-corrected chi connectivity index (χ0v) is 65.7. The Bertz CT molecular complexity index is 2130. The van der Waals surface area contributed by atoms with Gasteiger partial charge in [-0.05, 0) is 89.9 Å². The van der Waals surface area contributed by atoms with E-state index in [0.29, 0.717) is 32.1 Å². The fourth-order valence-corrected chi connectivity index (χ4v) is 12.8. The number of phosphoric acid groups is 2. The van der Waals surface area contributed by atoms with E-state index in [0.717, 1.165) is 109 Å². The smallest absolute Gasteiger partial charge is 0.462 e. The Hall–Kier alpha value is -3.24. The zero-order chi connectivity index (χ0) is 73.2. The maximum Gasteiger partial charge on any atom is 0.472 e. The van der Waals surface area contributed by atoms with Gasteiger partial charge in [-0.2, -0.15) is 0 Å². The van der Waals surface area contributed by atoms with Gasteiger partial charge in [-0.25, -0.2) is 9.13 Å². The quantitative estimate of drug-likeness (QED) is 0.0169. The van der Waals surface area contributed by atoms with Crippen LogP contribution < -0.4 is 0 Å². The molecule has 0 spiro atoms. The molecule has 19 heteroatoms. The second kappa shape index (κ2) is 74.0. The van der Waals surface area contributed by atoms with Crippen molar-refractivity contribution in [3.8, 4) is 0 Å². The van der Waals surface area contributed by atoms with Gasteiger partial charge in [0.15, 0.2) is 12.2 Å². The Morgan fingerprint density at radius 2 is 0.500 bits per heavy atom. The fourth-order valence-electron chi connectivity index (χ4n) is 11.3. The second-order valence-electron chi connectivity index (χ2n) is 27.4. The minimum atomic E-state index is -4.99. The highest BCUT2D eigenvalue weighted by atomic mass is 31.2. The van der Waals surface area contributed by atoms with Gasteiger partial charge in [0.1, 0.15) is 19.3 Å². The Labute approximate surface area is 610 Å². The molecule has 3 N–H and O–H groups in total. The lowest BCUT2D eigenvalue weighted by molar-refractivity contribution is -0.161. The van der Waals surface area contributed by atoms with Crippen molar-refractivity contribution in [2.45, 2.75) is 393 Å². The highest BCUT2D eigenvalue weighted by molar-refractivity contribution is 7.47. The van der Waals surface area contributed by atoms with Crippen LogP contribution in [0.25, 0.3) is 0 Å². The second-order valence-corrected chi connectivity index (χ2v) is 30.3. The monoisotopic (exact) mass is 1460 g/mol. The van der Waals surface area contributed by atoms with E-state index in [9.17, 15) is 43.2 Å². The molecule has 0 fully saturated rings. The Balaban J connectivity index is 5.37. The van der Waals surface area contributed by atoms with Gasteiger partial charge in [-0.3, -0.25) is 37.3 Å². The molecule has 584 valence electrons. The van der Waals surface area contributed by atoms with Gasteiger partial charge in [0.2, 0.25) is 0 Å². The minimum absolute atomic E-state index is 0.0215. The number of rotatable bonds is 77. The van der Waals surface area contributed by atoms with Crippen LogP contribution in [-0.2, 0) is 65.4 Å². The van der Waals surface area contributed by atoms with Crippen molar-refractivity contribution in [1.82, 2.24) is 0 Å². The third kappa shape index (κ3) is 73.1. The molecular weight excluding hydrogens is 1310 g/mol. The molecular formula is C81H148O17P2. The third-order valence-electron chi connectivity index (χ3n) is 17.5. The molecule has 17 nitrogen and oxygen atoms in total. The number of unbranched alkanes of at least 4 members (excludes halogenated alkanes) is 41. The summed E-state index contributed by atoms with van der Waals surface area (Å²) in [5.74, 6) is -2.21. The lowest BCUT2D eigenvalue weighted by Gasteiger charge is -2.21. The lowest BCUT2D eigenvalue weighted by Crippen LogP contribution is -2.30. The molecule has 100 heavy (non-hydrogen) atoms. The molecule has 0 heterocycles. The van der Waals surface area contributed by atoms with E-state index in [1.54, 1.807) is 0 Å². The summed E-state index contributed by atoms with van der Waals surface area (Å²) in [5, 5.41) is 10.6. The van der Waals surface area contributed by atoms with E-state index in [-0.39, 0.29) is 25.7 Å².